The fraction of sp³-hybridized carbons (Fsp3) is 0.647. The minimum atomic E-state index is 0.0769. The van der Waals surface area contributed by atoms with Gasteiger partial charge in [0.25, 0.3) is 0 Å². The van der Waals surface area contributed by atoms with E-state index in [0.717, 1.165) is 12.2 Å². The number of nitrogens with zero attached hydrogens (tertiary/aromatic N) is 1. The second-order valence-corrected chi connectivity index (χ2v) is 6.00. The number of hydrogen-bond acceptors (Lipinski definition) is 3. The third-order valence-corrected chi connectivity index (χ3v) is 4.38. The predicted molar refractivity (Wildman–Crippen MR) is 84.2 cm³/mol. The van der Waals surface area contributed by atoms with E-state index >= 15 is 0 Å². The minimum absolute atomic E-state index is 0.0769. The second kappa shape index (κ2) is 7.09. The SMILES string of the molecule is CCOc1ccc(CC(C)(CN)N2CCCCC2)cc1. The Balaban J connectivity index is 2.04. The molecular weight excluding hydrogens is 248 g/mol. The highest BCUT2D eigenvalue weighted by atomic mass is 16.5. The Morgan fingerprint density at radius 3 is 2.35 bits per heavy atom. The van der Waals surface area contributed by atoms with Gasteiger partial charge in [0.15, 0.2) is 0 Å². The molecule has 0 aromatic heterocycles. The third kappa shape index (κ3) is 3.74. The number of rotatable bonds is 6. The molecule has 2 rings (SSSR count). The molecule has 1 fully saturated rings. The van der Waals surface area contributed by atoms with Crippen LogP contribution in [0.4, 0.5) is 0 Å². The van der Waals surface area contributed by atoms with E-state index in [0.29, 0.717) is 13.2 Å². The van der Waals surface area contributed by atoms with Crippen molar-refractivity contribution in [1.82, 2.24) is 4.90 Å². The molecule has 1 unspecified atom stereocenters. The van der Waals surface area contributed by atoms with E-state index < -0.39 is 0 Å². The zero-order valence-corrected chi connectivity index (χ0v) is 12.9. The average molecular weight is 276 g/mol. The molecule has 0 radical (unpaired) electrons. The van der Waals surface area contributed by atoms with E-state index in [4.69, 9.17) is 10.5 Å². The summed E-state index contributed by atoms with van der Waals surface area (Å²) in [5.74, 6) is 0.948. The quantitative estimate of drug-likeness (QED) is 0.868. The Kier molecular flexibility index (Phi) is 5.44. The van der Waals surface area contributed by atoms with Crippen molar-refractivity contribution in [2.45, 2.75) is 45.1 Å². The van der Waals surface area contributed by atoms with Crippen molar-refractivity contribution in [1.29, 1.82) is 0 Å². The van der Waals surface area contributed by atoms with E-state index in [2.05, 4.69) is 36.1 Å². The van der Waals surface area contributed by atoms with E-state index in [1.807, 2.05) is 6.92 Å². The highest BCUT2D eigenvalue weighted by Crippen LogP contribution is 2.25. The minimum Gasteiger partial charge on any atom is -0.494 e. The molecule has 1 aliphatic heterocycles. The van der Waals surface area contributed by atoms with E-state index in [9.17, 15) is 0 Å². The maximum absolute atomic E-state index is 6.10. The van der Waals surface area contributed by atoms with Gasteiger partial charge in [0.2, 0.25) is 0 Å². The lowest BCUT2D eigenvalue weighted by Gasteiger charge is -2.43. The first-order valence-electron chi connectivity index (χ1n) is 7.85. The first-order valence-corrected chi connectivity index (χ1v) is 7.85. The number of ether oxygens (including phenoxy) is 1. The first kappa shape index (κ1) is 15.3. The number of piperidine rings is 1. The van der Waals surface area contributed by atoms with Crippen molar-refractivity contribution in [3.63, 3.8) is 0 Å². The summed E-state index contributed by atoms with van der Waals surface area (Å²) >= 11 is 0. The molecule has 112 valence electrons. The smallest absolute Gasteiger partial charge is 0.119 e. The molecule has 1 atom stereocenters. The largest absolute Gasteiger partial charge is 0.494 e. The van der Waals surface area contributed by atoms with Crippen LogP contribution in [0.15, 0.2) is 24.3 Å². The zero-order chi connectivity index (χ0) is 14.4. The normalized spacial score (nSPS) is 19.6. The fourth-order valence-electron chi connectivity index (χ4n) is 3.06. The van der Waals surface area contributed by atoms with Gasteiger partial charge < -0.3 is 10.5 Å². The molecule has 0 saturated carbocycles. The van der Waals surface area contributed by atoms with Gasteiger partial charge in [0.1, 0.15) is 5.75 Å². The maximum atomic E-state index is 6.10. The number of likely N-dealkylation sites (tertiary alicyclic amines) is 1. The van der Waals surface area contributed by atoms with Crippen LogP contribution in [0, 0.1) is 0 Å². The maximum Gasteiger partial charge on any atom is 0.119 e. The predicted octanol–water partition coefficient (Wildman–Crippen LogP) is 2.83. The monoisotopic (exact) mass is 276 g/mol. The van der Waals surface area contributed by atoms with Gasteiger partial charge in [-0.1, -0.05) is 18.6 Å². The van der Waals surface area contributed by atoms with Crippen molar-refractivity contribution < 1.29 is 4.74 Å². The molecule has 0 bridgehead atoms. The van der Waals surface area contributed by atoms with Crippen LogP contribution in [0.5, 0.6) is 5.75 Å². The van der Waals surface area contributed by atoms with Crippen LogP contribution in [0.2, 0.25) is 0 Å². The van der Waals surface area contributed by atoms with Gasteiger partial charge in [-0.05, 0) is 63.9 Å². The summed E-state index contributed by atoms with van der Waals surface area (Å²) in [5, 5.41) is 0. The van der Waals surface area contributed by atoms with Crippen molar-refractivity contribution in [2.75, 3.05) is 26.2 Å². The van der Waals surface area contributed by atoms with Crippen LogP contribution < -0.4 is 10.5 Å². The summed E-state index contributed by atoms with van der Waals surface area (Å²) in [5.41, 5.74) is 7.51. The van der Waals surface area contributed by atoms with Gasteiger partial charge in [0, 0.05) is 12.1 Å². The van der Waals surface area contributed by atoms with E-state index in [1.165, 1.54) is 37.9 Å². The van der Waals surface area contributed by atoms with Gasteiger partial charge in [-0.2, -0.15) is 0 Å². The highest BCUT2D eigenvalue weighted by Gasteiger charge is 2.31. The zero-order valence-electron chi connectivity index (χ0n) is 12.9. The number of hydrogen-bond donors (Lipinski definition) is 1. The fourth-order valence-corrected chi connectivity index (χ4v) is 3.06. The van der Waals surface area contributed by atoms with Crippen molar-refractivity contribution in [2.24, 2.45) is 5.73 Å². The lowest BCUT2D eigenvalue weighted by Crippen LogP contribution is -2.54. The van der Waals surface area contributed by atoms with Crippen LogP contribution in [-0.4, -0.2) is 36.7 Å². The summed E-state index contributed by atoms with van der Waals surface area (Å²) in [4.78, 5) is 2.58. The molecule has 0 spiro atoms. The summed E-state index contributed by atoms with van der Waals surface area (Å²) in [6.45, 7) is 8.11. The van der Waals surface area contributed by atoms with Gasteiger partial charge in [-0.3, -0.25) is 4.90 Å². The Morgan fingerprint density at radius 1 is 1.15 bits per heavy atom. The van der Waals surface area contributed by atoms with Crippen LogP contribution >= 0.6 is 0 Å². The van der Waals surface area contributed by atoms with Gasteiger partial charge >= 0.3 is 0 Å². The highest BCUT2D eigenvalue weighted by molar-refractivity contribution is 5.28. The van der Waals surface area contributed by atoms with Crippen LogP contribution in [0.1, 0.15) is 38.7 Å². The molecule has 1 heterocycles. The van der Waals surface area contributed by atoms with Gasteiger partial charge in [-0.25, -0.2) is 0 Å². The standard InChI is InChI=1S/C17H28N2O/c1-3-20-16-9-7-15(8-10-16)13-17(2,14-18)19-11-5-4-6-12-19/h7-10H,3-6,11-14,18H2,1-2H3. The molecule has 1 aromatic rings. The van der Waals surface area contributed by atoms with Crippen LogP contribution in [-0.2, 0) is 6.42 Å². The summed E-state index contributed by atoms with van der Waals surface area (Å²) < 4.78 is 5.50. The Morgan fingerprint density at radius 2 is 1.80 bits per heavy atom. The summed E-state index contributed by atoms with van der Waals surface area (Å²) in [6.07, 6.45) is 4.98. The molecule has 0 amide bonds. The van der Waals surface area contributed by atoms with E-state index in [1.54, 1.807) is 0 Å². The Labute approximate surface area is 123 Å². The van der Waals surface area contributed by atoms with Crippen LogP contribution in [0.25, 0.3) is 0 Å². The van der Waals surface area contributed by atoms with Crippen molar-refractivity contribution in [3.8, 4) is 5.75 Å². The lowest BCUT2D eigenvalue weighted by atomic mass is 9.89. The lowest BCUT2D eigenvalue weighted by molar-refractivity contribution is 0.0870. The molecule has 3 nitrogen and oxygen atoms in total. The Bertz CT molecular complexity index is 398. The van der Waals surface area contributed by atoms with Crippen LogP contribution in [0.3, 0.4) is 0 Å². The van der Waals surface area contributed by atoms with E-state index in [-0.39, 0.29) is 5.54 Å². The summed E-state index contributed by atoms with van der Waals surface area (Å²) in [7, 11) is 0. The molecule has 1 saturated heterocycles. The van der Waals surface area contributed by atoms with Crippen molar-refractivity contribution >= 4 is 0 Å². The van der Waals surface area contributed by atoms with Gasteiger partial charge in [-0.15, -0.1) is 0 Å². The molecule has 0 aliphatic carbocycles. The molecule has 1 aromatic carbocycles. The molecule has 20 heavy (non-hydrogen) atoms. The van der Waals surface area contributed by atoms with Crippen molar-refractivity contribution in [3.05, 3.63) is 29.8 Å². The molecule has 3 heteroatoms. The Hall–Kier alpha value is -1.06. The second-order valence-electron chi connectivity index (χ2n) is 6.00. The van der Waals surface area contributed by atoms with Gasteiger partial charge in [0.05, 0.1) is 6.61 Å². The molecule has 1 aliphatic rings. The average Bonchev–Trinajstić information content (AvgIpc) is 2.50. The third-order valence-electron chi connectivity index (χ3n) is 4.38. The first-order chi connectivity index (χ1) is 9.68. The molecule has 2 N–H and O–H groups in total. The molecular formula is C17H28N2O. The topological polar surface area (TPSA) is 38.5 Å². The number of benzene rings is 1. The number of nitrogens with two attached hydrogens (primary N) is 1. The summed E-state index contributed by atoms with van der Waals surface area (Å²) in [6, 6.07) is 8.46.